The van der Waals surface area contributed by atoms with Crippen LogP contribution in [0, 0.1) is 5.41 Å². The van der Waals surface area contributed by atoms with Gasteiger partial charge in [0.05, 0.1) is 30.6 Å². The Morgan fingerprint density at radius 3 is 2.27 bits per heavy atom. The number of carboxylic acid groups (broad SMARTS) is 1. The molecule has 2 fully saturated rings. The number of aromatic nitrogens is 1. The molecule has 0 aliphatic carbocycles. The van der Waals surface area contributed by atoms with Crippen LogP contribution in [-0.2, 0) is 24.4 Å². The van der Waals surface area contributed by atoms with Gasteiger partial charge in [-0.3, -0.25) is 9.36 Å². The zero-order valence-electron chi connectivity index (χ0n) is 21.2. The first-order valence-electron chi connectivity index (χ1n) is 11.7. The molecule has 9 heteroatoms. The van der Waals surface area contributed by atoms with Gasteiger partial charge in [0.2, 0.25) is 0 Å². The molecular weight excluding hydrogens is 425 g/mol. The van der Waals surface area contributed by atoms with Gasteiger partial charge in [0.15, 0.2) is 5.54 Å². The summed E-state index contributed by atoms with van der Waals surface area (Å²) in [7, 11) is 0.686. The molecule has 2 saturated heterocycles. The fourth-order valence-corrected chi connectivity index (χ4v) is 4.73. The Kier molecular flexibility index (Phi) is 6.83. The van der Waals surface area contributed by atoms with E-state index in [2.05, 4.69) is 0 Å². The standard InChI is InChI=1S/C24H38BNO7/c1-21(2,3)24(20(28)29,14-16-11-9-10-12-31-16)26-15-18(30-8)17(13-19(26)27)25-32-22(4,5)23(6,7)33-25/h13,15-16H,9-12,14H2,1-8H3,(H,28,29)/t16-,24?/m0/s1. The third-order valence-electron chi connectivity index (χ3n) is 7.58. The van der Waals surface area contributed by atoms with E-state index in [1.807, 2.05) is 48.5 Å². The topological polar surface area (TPSA) is 96.2 Å². The fourth-order valence-electron chi connectivity index (χ4n) is 4.73. The van der Waals surface area contributed by atoms with Crippen LogP contribution in [0.3, 0.4) is 0 Å². The second kappa shape index (κ2) is 8.75. The van der Waals surface area contributed by atoms with Crippen LogP contribution >= 0.6 is 0 Å². The zero-order chi connectivity index (χ0) is 24.8. The van der Waals surface area contributed by atoms with E-state index < -0.39 is 40.8 Å². The minimum atomic E-state index is -1.53. The van der Waals surface area contributed by atoms with Crippen LogP contribution < -0.4 is 15.8 Å². The lowest BCUT2D eigenvalue weighted by atomic mass is 9.69. The van der Waals surface area contributed by atoms with Crippen LogP contribution in [0.5, 0.6) is 5.75 Å². The van der Waals surface area contributed by atoms with E-state index in [-0.39, 0.29) is 12.5 Å². The van der Waals surface area contributed by atoms with Crippen molar-refractivity contribution in [1.29, 1.82) is 0 Å². The number of hydrogen-bond donors (Lipinski definition) is 1. The number of nitrogens with zero attached hydrogens (tertiary/aromatic N) is 1. The molecule has 0 saturated carbocycles. The van der Waals surface area contributed by atoms with E-state index >= 15 is 0 Å². The highest BCUT2D eigenvalue weighted by Crippen LogP contribution is 2.43. The largest absolute Gasteiger partial charge is 0.498 e. The average Bonchev–Trinajstić information content (AvgIpc) is 2.92. The van der Waals surface area contributed by atoms with Gasteiger partial charge in [-0.05, 0) is 52.4 Å². The molecule has 1 N–H and O–H groups in total. The molecular formula is C24H38BNO7. The molecule has 1 unspecified atom stereocenters. The number of methoxy groups -OCH3 is 1. The second-order valence-corrected chi connectivity index (χ2v) is 11.2. The number of hydrogen-bond acceptors (Lipinski definition) is 6. The van der Waals surface area contributed by atoms with Crippen molar-refractivity contribution >= 4 is 18.6 Å². The van der Waals surface area contributed by atoms with Crippen molar-refractivity contribution in [2.45, 2.75) is 97.0 Å². The summed E-state index contributed by atoms with van der Waals surface area (Å²) in [5.74, 6) is -0.732. The number of pyridine rings is 1. The van der Waals surface area contributed by atoms with Crippen molar-refractivity contribution < 1.29 is 28.7 Å². The molecule has 0 amide bonds. The third-order valence-corrected chi connectivity index (χ3v) is 7.58. The van der Waals surface area contributed by atoms with Crippen molar-refractivity contribution in [1.82, 2.24) is 4.57 Å². The Morgan fingerprint density at radius 2 is 1.82 bits per heavy atom. The van der Waals surface area contributed by atoms with Crippen LogP contribution in [0.2, 0.25) is 0 Å². The summed E-state index contributed by atoms with van der Waals surface area (Å²) >= 11 is 0. The van der Waals surface area contributed by atoms with Crippen LogP contribution in [0.4, 0.5) is 0 Å². The number of aliphatic carboxylic acids is 1. The van der Waals surface area contributed by atoms with E-state index in [0.717, 1.165) is 19.3 Å². The van der Waals surface area contributed by atoms with E-state index in [0.29, 0.717) is 17.8 Å². The van der Waals surface area contributed by atoms with Crippen molar-refractivity contribution in [2.24, 2.45) is 5.41 Å². The highest BCUT2D eigenvalue weighted by atomic mass is 16.7. The van der Waals surface area contributed by atoms with Gasteiger partial charge in [-0.2, -0.15) is 0 Å². The highest BCUT2D eigenvalue weighted by Gasteiger charge is 2.55. The molecule has 2 aliphatic heterocycles. The van der Waals surface area contributed by atoms with Crippen LogP contribution in [-0.4, -0.2) is 53.8 Å². The van der Waals surface area contributed by atoms with Crippen LogP contribution in [0.15, 0.2) is 17.1 Å². The SMILES string of the molecule is COc1cn(C(C[C@@H]2CCCCO2)(C(=O)O)C(C)(C)C)c(=O)cc1B1OC(C)(C)C(C)(C)O1. The van der Waals surface area contributed by atoms with Crippen molar-refractivity contribution in [2.75, 3.05) is 13.7 Å². The van der Waals surface area contributed by atoms with Gasteiger partial charge >= 0.3 is 13.1 Å². The molecule has 0 bridgehead atoms. The van der Waals surface area contributed by atoms with E-state index in [1.54, 1.807) is 0 Å². The molecule has 3 rings (SSSR count). The number of carbonyl (C=O) groups is 1. The normalized spacial score (nSPS) is 24.4. The zero-order valence-corrected chi connectivity index (χ0v) is 21.2. The van der Waals surface area contributed by atoms with E-state index in [4.69, 9.17) is 18.8 Å². The van der Waals surface area contributed by atoms with E-state index in [9.17, 15) is 14.7 Å². The van der Waals surface area contributed by atoms with Gasteiger partial charge in [-0.1, -0.05) is 20.8 Å². The van der Waals surface area contributed by atoms with E-state index in [1.165, 1.54) is 23.9 Å². The van der Waals surface area contributed by atoms with Crippen molar-refractivity contribution in [3.63, 3.8) is 0 Å². The summed E-state index contributed by atoms with van der Waals surface area (Å²) in [6.07, 6.45) is 4.14. The maximum atomic E-state index is 13.5. The summed E-state index contributed by atoms with van der Waals surface area (Å²) in [4.78, 5) is 26.4. The molecule has 0 spiro atoms. The Hall–Kier alpha value is -1.84. The maximum Gasteiger partial charge on any atom is 0.498 e. The van der Waals surface area contributed by atoms with Gasteiger partial charge in [-0.15, -0.1) is 0 Å². The molecule has 0 aromatic carbocycles. The smallest absolute Gasteiger partial charge is 0.496 e. The van der Waals surface area contributed by atoms with Crippen LogP contribution in [0.1, 0.15) is 74.1 Å². The number of rotatable bonds is 6. The molecule has 3 heterocycles. The van der Waals surface area contributed by atoms with Crippen molar-refractivity contribution in [3.8, 4) is 5.75 Å². The molecule has 8 nitrogen and oxygen atoms in total. The monoisotopic (exact) mass is 463 g/mol. The Bertz CT molecular complexity index is 927. The average molecular weight is 463 g/mol. The number of carboxylic acids is 1. The Morgan fingerprint density at radius 1 is 1.21 bits per heavy atom. The third kappa shape index (κ3) is 4.47. The first-order chi connectivity index (χ1) is 15.2. The molecule has 2 atom stereocenters. The summed E-state index contributed by atoms with van der Waals surface area (Å²) in [6.45, 7) is 13.8. The molecule has 1 aromatic heterocycles. The molecule has 33 heavy (non-hydrogen) atoms. The Labute approximate surface area is 196 Å². The van der Waals surface area contributed by atoms with Gasteiger partial charge in [-0.25, -0.2) is 4.79 Å². The maximum absolute atomic E-state index is 13.5. The lowest BCUT2D eigenvalue weighted by molar-refractivity contribution is -0.159. The van der Waals surface area contributed by atoms with Gasteiger partial charge in [0, 0.05) is 24.6 Å². The molecule has 0 radical (unpaired) electrons. The summed E-state index contributed by atoms with van der Waals surface area (Å²) in [5.41, 5.74) is -3.51. The minimum absolute atomic E-state index is 0.185. The summed E-state index contributed by atoms with van der Waals surface area (Å²) in [6, 6.07) is 1.38. The summed E-state index contributed by atoms with van der Waals surface area (Å²) in [5, 5.41) is 10.5. The predicted molar refractivity (Wildman–Crippen MR) is 126 cm³/mol. The van der Waals surface area contributed by atoms with Gasteiger partial charge < -0.3 is 23.9 Å². The van der Waals surface area contributed by atoms with Gasteiger partial charge in [0.1, 0.15) is 5.75 Å². The molecule has 184 valence electrons. The first-order valence-corrected chi connectivity index (χ1v) is 11.7. The lowest BCUT2D eigenvalue weighted by Gasteiger charge is -2.45. The van der Waals surface area contributed by atoms with Gasteiger partial charge in [0.25, 0.3) is 5.56 Å². The molecule has 2 aliphatic rings. The number of ether oxygens (including phenoxy) is 2. The molecule has 1 aromatic rings. The highest BCUT2D eigenvalue weighted by molar-refractivity contribution is 6.63. The predicted octanol–water partition coefficient (Wildman–Crippen LogP) is 2.94. The quantitative estimate of drug-likeness (QED) is 0.648. The summed E-state index contributed by atoms with van der Waals surface area (Å²) < 4.78 is 25.1. The van der Waals surface area contributed by atoms with Crippen LogP contribution in [0.25, 0.3) is 0 Å². The fraction of sp³-hybridized carbons (Fsp3) is 0.750. The lowest BCUT2D eigenvalue weighted by Crippen LogP contribution is -2.58. The second-order valence-electron chi connectivity index (χ2n) is 11.2. The first kappa shape index (κ1) is 25.8. The van der Waals surface area contributed by atoms with Crippen molar-refractivity contribution in [3.05, 3.63) is 22.6 Å². The minimum Gasteiger partial charge on any atom is -0.496 e. The Balaban J connectivity index is 2.14.